The predicted octanol–water partition coefficient (Wildman–Crippen LogP) is 4.22. The van der Waals surface area contributed by atoms with E-state index in [1.807, 2.05) is 18.2 Å². The molecule has 2 aromatic rings. The van der Waals surface area contributed by atoms with E-state index in [4.69, 9.17) is 10.2 Å². The van der Waals surface area contributed by atoms with Gasteiger partial charge in [0.25, 0.3) is 0 Å². The first kappa shape index (κ1) is 13.2. The lowest BCUT2D eigenvalue weighted by Crippen LogP contribution is -2.19. The fraction of sp³-hybridized carbons (Fsp3) is 0.529. The molecule has 1 aromatic heterocycles. The normalized spacial score (nSPS) is 21.2. The van der Waals surface area contributed by atoms with E-state index < -0.39 is 0 Å². The maximum atomic E-state index is 9.04. The number of benzene rings is 1. The summed E-state index contributed by atoms with van der Waals surface area (Å²) in [6.45, 7) is 7.81. The zero-order valence-corrected chi connectivity index (χ0v) is 12.5. The van der Waals surface area contributed by atoms with Crippen LogP contribution in [0, 0.1) is 16.7 Å². The quantitative estimate of drug-likeness (QED) is 0.817. The second-order valence-corrected chi connectivity index (χ2v) is 6.46. The zero-order chi connectivity index (χ0) is 14.3. The van der Waals surface area contributed by atoms with Crippen LogP contribution in [0.25, 0.3) is 11.0 Å². The number of hydrogen-bond donors (Lipinski definition) is 0. The summed E-state index contributed by atoms with van der Waals surface area (Å²) in [5.41, 5.74) is 3.13. The van der Waals surface area contributed by atoms with Crippen molar-refractivity contribution in [3.63, 3.8) is 0 Å². The van der Waals surface area contributed by atoms with Crippen LogP contribution in [0.4, 0.5) is 0 Å². The van der Waals surface area contributed by atoms with Crippen molar-refractivity contribution < 1.29 is 0 Å². The molecule has 104 valence electrons. The van der Waals surface area contributed by atoms with Gasteiger partial charge in [0.2, 0.25) is 0 Å². The minimum Gasteiger partial charge on any atom is -0.328 e. The van der Waals surface area contributed by atoms with Gasteiger partial charge in [-0.2, -0.15) is 5.26 Å². The molecule has 0 saturated heterocycles. The van der Waals surface area contributed by atoms with Crippen LogP contribution in [0.2, 0.25) is 0 Å². The minimum atomic E-state index is 0.326. The van der Waals surface area contributed by atoms with Crippen LogP contribution in [-0.4, -0.2) is 9.55 Å². The number of fused-ring (bicyclic) bond motifs is 1. The molecule has 0 N–H and O–H groups in total. The second-order valence-electron chi connectivity index (χ2n) is 6.46. The maximum Gasteiger partial charge on any atom is 0.113 e. The highest BCUT2D eigenvalue weighted by molar-refractivity contribution is 5.78. The molecule has 1 atom stereocenters. The number of rotatable bonds is 2. The fourth-order valence-corrected chi connectivity index (χ4v) is 3.62. The number of nitriles is 1. The van der Waals surface area contributed by atoms with Crippen LogP contribution in [0.5, 0.6) is 0 Å². The van der Waals surface area contributed by atoms with E-state index in [0.717, 1.165) is 17.6 Å². The second kappa shape index (κ2) is 4.63. The summed E-state index contributed by atoms with van der Waals surface area (Å²) < 4.78 is 2.33. The SMILES string of the molecule is CCn1c(C2CCCC2(C)C)nc2cc(C#N)ccc21. The zero-order valence-electron chi connectivity index (χ0n) is 12.5. The molecule has 20 heavy (non-hydrogen) atoms. The Hall–Kier alpha value is -1.82. The largest absolute Gasteiger partial charge is 0.328 e. The molecule has 0 amide bonds. The third-order valence-electron chi connectivity index (χ3n) is 4.79. The first-order valence-corrected chi connectivity index (χ1v) is 7.47. The molecule has 1 aliphatic rings. The Balaban J connectivity index is 2.18. The van der Waals surface area contributed by atoms with Gasteiger partial charge in [-0.15, -0.1) is 0 Å². The Morgan fingerprint density at radius 2 is 2.25 bits per heavy atom. The van der Waals surface area contributed by atoms with E-state index >= 15 is 0 Å². The van der Waals surface area contributed by atoms with Crippen molar-refractivity contribution in [2.24, 2.45) is 5.41 Å². The van der Waals surface area contributed by atoms with Crippen molar-refractivity contribution in [3.8, 4) is 6.07 Å². The van der Waals surface area contributed by atoms with E-state index in [-0.39, 0.29) is 0 Å². The Kier molecular flexibility index (Phi) is 3.05. The number of hydrogen-bond acceptors (Lipinski definition) is 2. The van der Waals surface area contributed by atoms with E-state index in [2.05, 4.69) is 31.4 Å². The van der Waals surface area contributed by atoms with Crippen LogP contribution >= 0.6 is 0 Å². The molecule has 1 heterocycles. The minimum absolute atomic E-state index is 0.326. The Bertz CT molecular complexity index is 688. The number of imidazole rings is 1. The molecular formula is C17H21N3. The molecular weight excluding hydrogens is 246 g/mol. The highest BCUT2D eigenvalue weighted by atomic mass is 15.1. The van der Waals surface area contributed by atoms with Gasteiger partial charge < -0.3 is 4.57 Å². The molecule has 3 rings (SSSR count). The van der Waals surface area contributed by atoms with Crippen LogP contribution in [0.3, 0.4) is 0 Å². The Morgan fingerprint density at radius 3 is 2.85 bits per heavy atom. The number of nitrogens with zero attached hydrogens (tertiary/aromatic N) is 3. The molecule has 1 aromatic carbocycles. The maximum absolute atomic E-state index is 9.04. The van der Waals surface area contributed by atoms with Gasteiger partial charge in [-0.05, 0) is 43.4 Å². The van der Waals surface area contributed by atoms with Gasteiger partial charge in [0.15, 0.2) is 0 Å². The van der Waals surface area contributed by atoms with Gasteiger partial charge in [0, 0.05) is 12.5 Å². The standard InChI is InChI=1S/C17H21N3/c1-4-20-15-8-7-12(11-18)10-14(15)19-16(20)13-6-5-9-17(13,2)3/h7-8,10,13H,4-6,9H2,1-3H3. The van der Waals surface area contributed by atoms with Gasteiger partial charge in [0.1, 0.15) is 5.82 Å². The van der Waals surface area contributed by atoms with Crippen molar-refractivity contribution in [1.82, 2.24) is 9.55 Å². The van der Waals surface area contributed by atoms with Crippen LogP contribution in [0.1, 0.15) is 57.3 Å². The van der Waals surface area contributed by atoms with Crippen molar-refractivity contribution in [2.45, 2.75) is 52.5 Å². The molecule has 0 radical (unpaired) electrons. The summed E-state index contributed by atoms with van der Waals surface area (Å²) >= 11 is 0. The van der Waals surface area contributed by atoms with E-state index in [1.165, 1.54) is 25.1 Å². The van der Waals surface area contributed by atoms with Crippen molar-refractivity contribution in [1.29, 1.82) is 5.26 Å². The average Bonchev–Trinajstić information content (AvgIpc) is 2.96. The summed E-state index contributed by atoms with van der Waals surface area (Å²) in [7, 11) is 0. The lowest BCUT2D eigenvalue weighted by Gasteiger charge is -2.27. The van der Waals surface area contributed by atoms with Gasteiger partial charge in [-0.1, -0.05) is 20.3 Å². The molecule has 3 heteroatoms. The number of aromatic nitrogens is 2. The van der Waals surface area contributed by atoms with E-state index in [1.54, 1.807) is 0 Å². The van der Waals surface area contributed by atoms with Crippen LogP contribution < -0.4 is 0 Å². The van der Waals surface area contributed by atoms with Gasteiger partial charge in [-0.3, -0.25) is 0 Å². The number of aryl methyl sites for hydroxylation is 1. The summed E-state index contributed by atoms with van der Waals surface area (Å²) in [4.78, 5) is 4.88. The van der Waals surface area contributed by atoms with Crippen LogP contribution in [-0.2, 0) is 6.54 Å². The third-order valence-corrected chi connectivity index (χ3v) is 4.79. The van der Waals surface area contributed by atoms with Crippen molar-refractivity contribution in [2.75, 3.05) is 0 Å². The Labute approximate surface area is 120 Å². The summed E-state index contributed by atoms with van der Waals surface area (Å²) in [5, 5.41) is 9.04. The Morgan fingerprint density at radius 1 is 1.45 bits per heavy atom. The lowest BCUT2D eigenvalue weighted by atomic mass is 9.81. The molecule has 0 bridgehead atoms. The average molecular weight is 267 g/mol. The fourth-order valence-electron chi connectivity index (χ4n) is 3.62. The topological polar surface area (TPSA) is 41.6 Å². The van der Waals surface area contributed by atoms with Crippen molar-refractivity contribution >= 4 is 11.0 Å². The smallest absolute Gasteiger partial charge is 0.113 e. The molecule has 1 aliphatic carbocycles. The van der Waals surface area contributed by atoms with E-state index in [0.29, 0.717) is 16.9 Å². The van der Waals surface area contributed by atoms with E-state index in [9.17, 15) is 0 Å². The summed E-state index contributed by atoms with van der Waals surface area (Å²) in [5.74, 6) is 1.74. The molecule has 3 nitrogen and oxygen atoms in total. The molecule has 0 aliphatic heterocycles. The van der Waals surface area contributed by atoms with Gasteiger partial charge in [0.05, 0.1) is 22.7 Å². The first-order chi connectivity index (χ1) is 9.56. The third kappa shape index (κ3) is 1.91. The molecule has 1 unspecified atom stereocenters. The summed E-state index contributed by atoms with van der Waals surface area (Å²) in [6.07, 6.45) is 3.78. The lowest BCUT2D eigenvalue weighted by molar-refractivity contribution is 0.316. The summed E-state index contributed by atoms with van der Waals surface area (Å²) in [6, 6.07) is 8.04. The van der Waals surface area contributed by atoms with Gasteiger partial charge in [-0.25, -0.2) is 4.98 Å². The highest BCUT2D eigenvalue weighted by Gasteiger charge is 2.38. The molecule has 0 spiro atoms. The highest BCUT2D eigenvalue weighted by Crippen LogP contribution is 2.48. The first-order valence-electron chi connectivity index (χ1n) is 7.47. The molecule has 1 saturated carbocycles. The predicted molar refractivity (Wildman–Crippen MR) is 80.5 cm³/mol. The monoisotopic (exact) mass is 267 g/mol. The van der Waals surface area contributed by atoms with Gasteiger partial charge >= 0.3 is 0 Å². The molecule has 1 fully saturated rings. The van der Waals surface area contributed by atoms with Crippen LogP contribution in [0.15, 0.2) is 18.2 Å². The van der Waals surface area contributed by atoms with Crippen molar-refractivity contribution in [3.05, 3.63) is 29.6 Å².